The molecule has 0 saturated carbocycles. The van der Waals surface area contributed by atoms with Crippen LogP contribution in [-0.4, -0.2) is 32.2 Å². The van der Waals surface area contributed by atoms with Gasteiger partial charge in [-0.05, 0) is 12.2 Å². The molecule has 0 bridgehead atoms. The fourth-order valence-corrected chi connectivity index (χ4v) is 0.883. The minimum atomic E-state index is -0.293. The Bertz CT molecular complexity index is 138. The van der Waals surface area contributed by atoms with Crippen LogP contribution in [0.3, 0.4) is 0 Å². The second kappa shape index (κ2) is 4.72. The van der Waals surface area contributed by atoms with Crippen LogP contribution in [0.25, 0.3) is 0 Å². The molecule has 1 rings (SSSR count). The summed E-state index contributed by atoms with van der Waals surface area (Å²) in [5, 5.41) is 0. The highest BCUT2D eigenvalue weighted by atomic mass is 35.5. The van der Waals surface area contributed by atoms with Crippen molar-refractivity contribution in [3.05, 3.63) is 12.2 Å². The van der Waals surface area contributed by atoms with E-state index in [0.717, 1.165) is 0 Å². The van der Waals surface area contributed by atoms with E-state index in [2.05, 4.69) is 0 Å². The minimum absolute atomic E-state index is 0.268. The lowest BCUT2D eigenvalue weighted by Crippen LogP contribution is -2.17. The highest BCUT2D eigenvalue weighted by Gasteiger charge is 2.17. The summed E-state index contributed by atoms with van der Waals surface area (Å²) in [6, 6.07) is 0. The first-order valence-corrected chi connectivity index (χ1v) is 3.94. The largest absolute Gasteiger partial charge is 0.352 e. The maximum Gasteiger partial charge on any atom is 0.180 e. The van der Waals surface area contributed by atoms with E-state index in [9.17, 15) is 0 Å². The smallest absolute Gasteiger partial charge is 0.180 e. The molecular formula is C7H11ClO3. The van der Waals surface area contributed by atoms with E-state index in [0.29, 0.717) is 12.5 Å². The molecule has 4 heteroatoms. The molecule has 0 aromatic carbocycles. The highest BCUT2D eigenvalue weighted by Crippen LogP contribution is 2.12. The van der Waals surface area contributed by atoms with Crippen LogP contribution in [0, 0.1) is 0 Å². The number of ether oxygens (including phenoxy) is 3. The van der Waals surface area contributed by atoms with Crippen LogP contribution in [-0.2, 0) is 14.2 Å². The van der Waals surface area contributed by atoms with Crippen molar-refractivity contribution < 1.29 is 14.2 Å². The average molecular weight is 179 g/mol. The molecule has 2 atom stereocenters. The Morgan fingerprint density at radius 3 is 2.73 bits per heavy atom. The minimum Gasteiger partial charge on any atom is -0.352 e. The molecule has 0 radical (unpaired) electrons. The van der Waals surface area contributed by atoms with Crippen molar-refractivity contribution in [1.29, 1.82) is 0 Å². The lowest BCUT2D eigenvalue weighted by Gasteiger charge is -2.12. The Hall–Kier alpha value is -0.0900. The summed E-state index contributed by atoms with van der Waals surface area (Å²) in [5.74, 6) is 0.478. The molecule has 3 nitrogen and oxygen atoms in total. The lowest BCUT2D eigenvalue weighted by molar-refractivity contribution is -0.181. The molecule has 64 valence electrons. The number of alkyl halides is 1. The summed E-state index contributed by atoms with van der Waals surface area (Å²) in [7, 11) is 1.58. The SMILES string of the molecule is COC1C=CC(OCCCl)O1. The number of methoxy groups -OCH3 is 1. The fraction of sp³-hybridized carbons (Fsp3) is 0.714. The monoisotopic (exact) mass is 178 g/mol. The van der Waals surface area contributed by atoms with Gasteiger partial charge in [0.1, 0.15) is 0 Å². The summed E-state index contributed by atoms with van der Waals surface area (Å²) >= 11 is 5.41. The maximum atomic E-state index is 5.41. The van der Waals surface area contributed by atoms with Crippen LogP contribution in [0.1, 0.15) is 0 Å². The van der Waals surface area contributed by atoms with Crippen molar-refractivity contribution in [1.82, 2.24) is 0 Å². The average Bonchev–Trinajstić information content (AvgIpc) is 2.48. The topological polar surface area (TPSA) is 27.7 Å². The van der Waals surface area contributed by atoms with Gasteiger partial charge in [0.15, 0.2) is 12.6 Å². The van der Waals surface area contributed by atoms with Gasteiger partial charge < -0.3 is 14.2 Å². The molecule has 1 aliphatic heterocycles. The van der Waals surface area contributed by atoms with Gasteiger partial charge in [0.2, 0.25) is 0 Å². The second-order valence-electron chi connectivity index (χ2n) is 2.05. The summed E-state index contributed by atoms with van der Waals surface area (Å²) in [6.45, 7) is 0.493. The van der Waals surface area contributed by atoms with E-state index in [1.54, 1.807) is 19.3 Å². The van der Waals surface area contributed by atoms with Gasteiger partial charge in [-0.25, -0.2) is 0 Å². The summed E-state index contributed by atoms with van der Waals surface area (Å²) in [6.07, 6.45) is 3.05. The first kappa shape index (κ1) is 9.00. The van der Waals surface area contributed by atoms with Gasteiger partial charge in [-0.1, -0.05) is 0 Å². The normalized spacial score (nSPS) is 29.6. The predicted molar refractivity (Wildman–Crippen MR) is 41.5 cm³/mol. The van der Waals surface area contributed by atoms with Crippen LogP contribution in [0.5, 0.6) is 0 Å². The third-order valence-electron chi connectivity index (χ3n) is 1.29. The molecule has 0 saturated heterocycles. The molecule has 1 aliphatic rings. The summed E-state index contributed by atoms with van der Waals surface area (Å²) in [4.78, 5) is 0. The molecular weight excluding hydrogens is 168 g/mol. The lowest BCUT2D eigenvalue weighted by atomic mass is 10.5. The standard InChI is InChI=1S/C7H11ClO3/c1-9-6-2-3-7(11-6)10-5-4-8/h2-3,6-7H,4-5H2,1H3. The van der Waals surface area contributed by atoms with E-state index >= 15 is 0 Å². The Labute approximate surface area is 70.9 Å². The van der Waals surface area contributed by atoms with Gasteiger partial charge in [-0.2, -0.15) is 0 Å². The molecule has 0 aliphatic carbocycles. The van der Waals surface area contributed by atoms with Crippen molar-refractivity contribution in [2.45, 2.75) is 12.6 Å². The third-order valence-corrected chi connectivity index (χ3v) is 1.44. The Kier molecular flexibility index (Phi) is 3.86. The van der Waals surface area contributed by atoms with E-state index in [-0.39, 0.29) is 12.6 Å². The van der Waals surface area contributed by atoms with Crippen molar-refractivity contribution in [3.8, 4) is 0 Å². The third kappa shape index (κ3) is 2.79. The zero-order valence-electron chi connectivity index (χ0n) is 6.33. The Balaban J connectivity index is 2.15. The van der Waals surface area contributed by atoms with Gasteiger partial charge in [-0.15, -0.1) is 11.6 Å². The van der Waals surface area contributed by atoms with E-state index < -0.39 is 0 Å². The van der Waals surface area contributed by atoms with E-state index in [1.165, 1.54) is 0 Å². The molecule has 0 amide bonds. The summed E-state index contributed by atoms with van der Waals surface area (Å²) in [5.41, 5.74) is 0. The fourth-order valence-electron chi connectivity index (χ4n) is 0.794. The van der Waals surface area contributed by atoms with E-state index in [4.69, 9.17) is 25.8 Å². The van der Waals surface area contributed by atoms with Gasteiger partial charge in [0.25, 0.3) is 0 Å². The second-order valence-corrected chi connectivity index (χ2v) is 2.43. The summed E-state index contributed by atoms with van der Waals surface area (Å²) < 4.78 is 15.3. The van der Waals surface area contributed by atoms with Crippen LogP contribution < -0.4 is 0 Å². The van der Waals surface area contributed by atoms with Gasteiger partial charge in [0, 0.05) is 13.0 Å². The van der Waals surface area contributed by atoms with Crippen LogP contribution >= 0.6 is 11.6 Å². The quantitative estimate of drug-likeness (QED) is 0.477. The van der Waals surface area contributed by atoms with Gasteiger partial charge in [-0.3, -0.25) is 0 Å². The maximum absolute atomic E-state index is 5.41. The Morgan fingerprint density at radius 2 is 2.18 bits per heavy atom. The van der Waals surface area contributed by atoms with E-state index in [1.807, 2.05) is 0 Å². The zero-order valence-corrected chi connectivity index (χ0v) is 7.08. The van der Waals surface area contributed by atoms with Crippen molar-refractivity contribution in [3.63, 3.8) is 0 Å². The number of hydrogen-bond acceptors (Lipinski definition) is 3. The van der Waals surface area contributed by atoms with Crippen molar-refractivity contribution in [2.24, 2.45) is 0 Å². The van der Waals surface area contributed by atoms with Crippen LogP contribution in [0.15, 0.2) is 12.2 Å². The first-order chi connectivity index (χ1) is 5.36. The Morgan fingerprint density at radius 1 is 1.45 bits per heavy atom. The zero-order chi connectivity index (χ0) is 8.10. The molecule has 1 heterocycles. The first-order valence-electron chi connectivity index (χ1n) is 3.41. The molecule has 11 heavy (non-hydrogen) atoms. The number of halogens is 1. The highest BCUT2D eigenvalue weighted by molar-refractivity contribution is 6.17. The van der Waals surface area contributed by atoms with Gasteiger partial charge >= 0.3 is 0 Å². The number of hydrogen-bond donors (Lipinski definition) is 0. The van der Waals surface area contributed by atoms with Gasteiger partial charge in [0.05, 0.1) is 6.61 Å². The number of rotatable bonds is 4. The van der Waals surface area contributed by atoms with Crippen molar-refractivity contribution >= 4 is 11.6 Å². The molecule has 0 spiro atoms. The van der Waals surface area contributed by atoms with Crippen LogP contribution in [0.2, 0.25) is 0 Å². The molecule has 2 unspecified atom stereocenters. The predicted octanol–water partition coefficient (Wildman–Crippen LogP) is 1.13. The molecule has 0 aromatic heterocycles. The molecule has 0 N–H and O–H groups in total. The molecule has 0 fully saturated rings. The molecule has 0 aromatic rings. The van der Waals surface area contributed by atoms with Crippen LogP contribution in [0.4, 0.5) is 0 Å². The van der Waals surface area contributed by atoms with Crippen molar-refractivity contribution in [2.75, 3.05) is 19.6 Å².